The summed E-state index contributed by atoms with van der Waals surface area (Å²) in [5.41, 5.74) is 0.560. The number of hydrogen-bond acceptors (Lipinski definition) is 3. The fraction of sp³-hybridized carbons (Fsp3) is 0.667. The van der Waals surface area contributed by atoms with E-state index >= 15 is 0 Å². The Balaban J connectivity index is 2.13. The van der Waals surface area contributed by atoms with Crippen molar-refractivity contribution in [2.45, 2.75) is 32.9 Å². The second kappa shape index (κ2) is 3.40. The van der Waals surface area contributed by atoms with Crippen molar-refractivity contribution in [2.24, 2.45) is 5.92 Å². The number of amides is 1. The van der Waals surface area contributed by atoms with E-state index in [0.717, 1.165) is 13.0 Å². The van der Waals surface area contributed by atoms with Gasteiger partial charge in [0.15, 0.2) is 0 Å². The van der Waals surface area contributed by atoms with Crippen LogP contribution in [0.4, 0.5) is 0 Å². The molecule has 5 heteroatoms. The molecule has 76 valence electrons. The van der Waals surface area contributed by atoms with E-state index in [4.69, 9.17) is 0 Å². The summed E-state index contributed by atoms with van der Waals surface area (Å²) in [6.07, 6.45) is 2.48. The summed E-state index contributed by atoms with van der Waals surface area (Å²) in [7, 11) is 0. The van der Waals surface area contributed by atoms with Crippen molar-refractivity contribution in [2.75, 3.05) is 0 Å². The van der Waals surface area contributed by atoms with Crippen LogP contribution in [-0.2, 0) is 6.54 Å². The number of aromatic nitrogens is 3. The Morgan fingerprint density at radius 1 is 1.71 bits per heavy atom. The van der Waals surface area contributed by atoms with E-state index in [2.05, 4.69) is 29.5 Å². The van der Waals surface area contributed by atoms with Crippen LogP contribution in [0.15, 0.2) is 6.20 Å². The molecule has 0 unspecified atom stereocenters. The maximum Gasteiger partial charge on any atom is 0.271 e. The lowest BCUT2D eigenvalue weighted by Crippen LogP contribution is -2.45. The van der Waals surface area contributed by atoms with Gasteiger partial charge in [-0.05, 0) is 12.3 Å². The van der Waals surface area contributed by atoms with Gasteiger partial charge in [-0.15, -0.1) is 5.10 Å². The van der Waals surface area contributed by atoms with Gasteiger partial charge >= 0.3 is 0 Å². The van der Waals surface area contributed by atoms with Crippen molar-refractivity contribution in [3.63, 3.8) is 0 Å². The number of carbonyl (C=O) groups excluding carboxylic acids is 1. The average molecular weight is 194 g/mol. The van der Waals surface area contributed by atoms with E-state index in [1.807, 2.05) is 0 Å². The van der Waals surface area contributed by atoms with Gasteiger partial charge in [-0.3, -0.25) is 4.79 Å². The second-order valence-electron chi connectivity index (χ2n) is 4.10. The van der Waals surface area contributed by atoms with Gasteiger partial charge in [0.2, 0.25) is 0 Å². The SMILES string of the molecule is CC(C)C[C@H]1Cn2nncc2C(=O)N1. The fourth-order valence-electron chi connectivity index (χ4n) is 1.78. The third kappa shape index (κ3) is 1.62. The van der Waals surface area contributed by atoms with Crippen LogP contribution in [0.25, 0.3) is 0 Å². The van der Waals surface area contributed by atoms with Crippen molar-refractivity contribution >= 4 is 5.91 Å². The zero-order valence-corrected chi connectivity index (χ0v) is 8.40. The van der Waals surface area contributed by atoms with Crippen molar-refractivity contribution in [1.29, 1.82) is 0 Å². The Morgan fingerprint density at radius 2 is 2.50 bits per heavy atom. The maximum atomic E-state index is 11.5. The Bertz CT molecular complexity index is 344. The standard InChI is InChI=1S/C9H14N4O/c1-6(2)3-7-5-13-8(4-10-12-13)9(14)11-7/h4,6-7H,3,5H2,1-2H3,(H,11,14)/t7-/m0/s1. The molecule has 0 fully saturated rings. The van der Waals surface area contributed by atoms with Gasteiger partial charge < -0.3 is 5.32 Å². The number of fused-ring (bicyclic) bond motifs is 1. The summed E-state index contributed by atoms with van der Waals surface area (Å²) in [5, 5.41) is 10.5. The molecule has 5 nitrogen and oxygen atoms in total. The van der Waals surface area contributed by atoms with Crippen LogP contribution in [0.5, 0.6) is 0 Å². The lowest BCUT2D eigenvalue weighted by atomic mass is 10.0. The Morgan fingerprint density at radius 3 is 3.21 bits per heavy atom. The molecule has 1 aromatic heterocycles. The largest absolute Gasteiger partial charge is 0.346 e. The highest BCUT2D eigenvalue weighted by atomic mass is 16.2. The third-order valence-electron chi connectivity index (χ3n) is 2.33. The van der Waals surface area contributed by atoms with E-state index in [-0.39, 0.29) is 11.9 Å². The third-order valence-corrected chi connectivity index (χ3v) is 2.33. The summed E-state index contributed by atoms with van der Waals surface area (Å²) in [4.78, 5) is 11.5. The van der Waals surface area contributed by atoms with E-state index in [1.54, 1.807) is 4.68 Å². The summed E-state index contributed by atoms with van der Waals surface area (Å²) >= 11 is 0. The fourth-order valence-corrected chi connectivity index (χ4v) is 1.78. The number of rotatable bonds is 2. The van der Waals surface area contributed by atoms with E-state index < -0.39 is 0 Å². The zero-order chi connectivity index (χ0) is 10.1. The normalized spacial score (nSPS) is 20.8. The molecule has 0 aromatic carbocycles. The van der Waals surface area contributed by atoms with Crippen LogP contribution < -0.4 is 5.32 Å². The van der Waals surface area contributed by atoms with Crippen molar-refractivity contribution in [1.82, 2.24) is 20.3 Å². The van der Waals surface area contributed by atoms with Gasteiger partial charge in [-0.25, -0.2) is 4.68 Å². The molecule has 2 heterocycles. The van der Waals surface area contributed by atoms with Crippen LogP contribution in [-0.4, -0.2) is 26.9 Å². The van der Waals surface area contributed by atoms with Crippen LogP contribution >= 0.6 is 0 Å². The minimum atomic E-state index is -0.0631. The predicted octanol–water partition coefficient (Wildman–Crippen LogP) is 0.436. The zero-order valence-electron chi connectivity index (χ0n) is 8.40. The smallest absolute Gasteiger partial charge is 0.271 e. The topological polar surface area (TPSA) is 59.8 Å². The average Bonchev–Trinajstić information content (AvgIpc) is 2.50. The molecule has 0 radical (unpaired) electrons. The molecular weight excluding hydrogens is 180 g/mol. The molecule has 0 bridgehead atoms. The van der Waals surface area contributed by atoms with Crippen molar-refractivity contribution in [3.05, 3.63) is 11.9 Å². The summed E-state index contributed by atoms with van der Waals surface area (Å²) in [6.45, 7) is 5.02. The minimum absolute atomic E-state index is 0.0631. The predicted molar refractivity (Wildman–Crippen MR) is 50.7 cm³/mol. The van der Waals surface area contributed by atoms with E-state index in [9.17, 15) is 4.79 Å². The van der Waals surface area contributed by atoms with Gasteiger partial charge in [-0.2, -0.15) is 0 Å². The first-order valence-electron chi connectivity index (χ1n) is 4.86. The van der Waals surface area contributed by atoms with Crippen LogP contribution in [0.2, 0.25) is 0 Å². The summed E-state index contributed by atoms with van der Waals surface area (Å²) in [5.74, 6) is 0.511. The van der Waals surface area contributed by atoms with Gasteiger partial charge in [0, 0.05) is 6.04 Å². The maximum absolute atomic E-state index is 11.5. The highest BCUT2D eigenvalue weighted by Crippen LogP contribution is 2.12. The highest BCUT2D eigenvalue weighted by Gasteiger charge is 2.25. The first-order valence-corrected chi connectivity index (χ1v) is 4.86. The molecular formula is C9H14N4O. The molecule has 0 aliphatic carbocycles. The van der Waals surface area contributed by atoms with Crippen LogP contribution in [0, 0.1) is 5.92 Å². The Kier molecular flexibility index (Phi) is 2.23. The number of nitrogens with zero attached hydrogens (tertiary/aromatic N) is 3. The summed E-state index contributed by atoms with van der Waals surface area (Å²) in [6, 6.07) is 0.191. The second-order valence-corrected chi connectivity index (χ2v) is 4.10. The van der Waals surface area contributed by atoms with Gasteiger partial charge in [0.1, 0.15) is 5.69 Å². The lowest BCUT2D eigenvalue weighted by molar-refractivity contribution is 0.0888. The summed E-state index contributed by atoms with van der Waals surface area (Å²) < 4.78 is 1.67. The lowest BCUT2D eigenvalue weighted by Gasteiger charge is -2.25. The number of hydrogen-bond donors (Lipinski definition) is 1. The highest BCUT2D eigenvalue weighted by molar-refractivity contribution is 5.92. The molecule has 0 spiro atoms. The molecule has 1 aliphatic heterocycles. The van der Waals surface area contributed by atoms with Crippen molar-refractivity contribution in [3.8, 4) is 0 Å². The number of carbonyl (C=O) groups is 1. The Labute approximate surface area is 82.5 Å². The van der Waals surface area contributed by atoms with E-state index in [1.165, 1.54) is 6.20 Å². The van der Waals surface area contributed by atoms with Gasteiger partial charge in [0.25, 0.3) is 5.91 Å². The Hall–Kier alpha value is -1.39. The molecule has 0 saturated heterocycles. The monoisotopic (exact) mass is 194 g/mol. The first kappa shape index (κ1) is 9.18. The molecule has 2 rings (SSSR count). The molecule has 1 aromatic rings. The molecule has 1 aliphatic rings. The molecule has 1 atom stereocenters. The van der Waals surface area contributed by atoms with E-state index in [0.29, 0.717) is 11.6 Å². The molecule has 1 N–H and O–H groups in total. The molecule has 1 amide bonds. The van der Waals surface area contributed by atoms with Gasteiger partial charge in [-0.1, -0.05) is 19.1 Å². The minimum Gasteiger partial charge on any atom is -0.346 e. The molecule has 0 saturated carbocycles. The van der Waals surface area contributed by atoms with Crippen LogP contribution in [0.1, 0.15) is 30.8 Å². The van der Waals surface area contributed by atoms with Crippen LogP contribution in [0.3, 0.4) is 0 Å². The first-order chi connectivity index (χ1) is 6.66. The number of nitrogens with one attached hydrogen (secondary N) is 1. The quantitative estimate of drug-likeness (QED) is 0.743. The molecule has 14 heavy (non-hydrogen) atoms. The van der Waals surface area contributed by atoms with Crippen molar-refractivity contribution < 1.29 is 4.79 Å². The van der Waals surface area contributed by atoms with Gasteiger partial charge in [0.05, 0.1) is 12.7 Å².